The molecule has 0 aromatic carbocycles. The Balaban J connectivity index is 1.72. The summed E-state index contributed by atoms with van der Waals surface area (Å²) >= 11 is 0. The van der Waals surface area contributed by atoms with Gasteiger partial charge in [-0.3, -0.25) is 0 Å². The maximum absolute atomic E-state index is 10.3. The molecule has 0 amide bonds. The number of aliphatic hydroxyl groups is 1. The SMILES string of the molecule is C[C@@H]1CC[C@@H](NCC2(O)CCCCC2)C1. The predicted octanol–water partition coefficient (Wildman–Crippen LogP) is 2.46. The summed E-state index contributed by atoms with van der Waals surface area (Å²) < 4.78 is 0. The second kappa shape index (κ2) is 4.84. The van der Waals surface area contributed by atoms with E-state index in [0.717, 1.165) is 25.3 Å². The van der Waals surface area contributed by atoms with Gasteiger partial charge in [0.05, 0.1) is 5.60 Å². The van der Waals surface area contributed by atoms with Crippen LogP contribution in [0.5, 0.6) is 0 Å². The van der Waals surface area contributed by atoms with Crippen molar-refractivity contribution in [3.63, 3.8) is 0 Å². The van der Waals surface area contributed by atoms with Crippen LogP contribution in [0.3, 0.4) is 0 Å². The van der Waals surface area contributed by atoms with Crippen LogP contribution in [0.4, 0.5) is 0 Å². The molecule has 2 rings (SSSR count). The standard InChI is InChI=1S/C13H25NO/c1-11-5-6-12(9-11)14-10-13(15)7-3-2-4-8-13/h11-12,14-15H,2-10H2,1H3/t11-,12-/m1/s1. The Labute approximate surface area is 93.5 Å². The van der Waals surface area contributed by atoms with E-state index in [2.05, 4.69) is 12.2 Å². The van der Waals surface area contributed by atoms with E-state index in [1.54, 1.807) is 0 Å². The van der Waals surface area contributed by atoms with Crippen molar-refractivity contribution in [2.24, 2.45) is 5.92 Å². The average molecular weight is 211 g/mol. The highest BCUT2D eigenvalue weighted by Crippen LogP contribution is 2.29. The lowest BCUT2D eigenvalue weighted by molar-refractivity contribution is 0.00272. The molecule has 0 aromatic heterocycles. The Morgan fingerprint density at radius 2 is 1.93 bits per heavy atom. The summed E-state index contributed by atoms with van der Waals surface area (Å²) in [4.78, 5) is 0. The molecule has 2 N–H and O–H groups in total. The Hall–Kier alpha value is -0.0800. The van der Waals surface area contributed by atoms with E-state index < -0.39 is 0 Å². The monoisotopic (exact) mass is 211 g/mol. The molecule has 0 spiro atoms. The molecule has 0 heterocycles. The quantitative estimate of drug-likeness (QED) is 0.751. The average Bonchev–Trinajstić information content (AvgIpc) is 2.63. The van der Waals surface area contributed by atoms with Crippen LogP contribution in [-0.4, -0.2) is 23.3 Å². The number of rotatable bonds is 3. The highest BCUT2D eigenvalue weighted by atomic mass is 16.3. The van der Waals surface area contributed by atoms with Gasteiger partial charge >= 0.3 is 0 Å². The molecule has 2 nitrogen and oxygen atoms in total. The van der Waals surface area contributed by atoms with Crippen LogP contribution in [0.25, 0.3) is 0 Å². The fourth-order valence-electron chi connectivity index (χ4n) is 3.11. The van der Waals surface area contributed by atoms with Crippen LogP contribution >= 0.6 is 0 Å². The molecule has 2 fully saturated rings. The van der Waals surface area contributed by atoms with Crippen LogP contribution in [0, 0.1) is 5.92 Å². The molecule has 2 aliphatic rings. The van der Waals surface area contributed by atoms with Crippen molar-refractivity contribution in [1.29, 1.82) is 0 Å². The van der Waals surface area contributed by atoms with Gasteiger partial charge in [0.25, 0.3) is 0 Å². The van der Waals surface area contributed by atoms with Gasteiger partial charge in [-0.05, 0) is 38.0 Å². The summed E-state index contributed by atoms with van der Waals surface area (Å²) in [7, 11) is 0. The summed E-state index contributed by atoms with van der Waals surface area (Å²) in [5.41, 5.74) is -0.385. The van der Waals surface area contributed by atoms with Crippen LogP contribution in [0.2, 0.25) is 0 Å². The minimum Gasteiger partial charge on any atom is -0.389 e. The second-order valence-electron chi connectivity index (χ2n) is 5.78. The molecule has 0 saturated heterocycles. The van der Waals surface area contributed by atoms with Crippen molar-refractivity contribution in [2.75, 3.05) is 6.54 Å². The lowest BCUT2D eigenvalue weighted by Crippen LogP contribution is -2.45. The van der Waals surface area contributed by atoms with Gasteiger partial charge in [0.2, 0.25) is 0 Å². The van der Waals surface area contributed by atoms with Crippen LogP contribution in [-0.2, 0) is 0 Å². The smallest absolute Gasteiger partial charge is 0.0771 e. The first-order valence-electron chi connectivity index (χ1n) is 6.64. The van der Waals surface area contributed by atoms with Crippen LogP contribution in [0.15, 0.2) is 0 Å². The second-order valence-corrected chi connectivity index (χ2v) is 5.78. The zero-order valence-corrected chi connectivity index (χ0v) is 9.97. The fourth-order valence-corrected chi connectivity index (χ4v) is 3.11. The van der Waals surface area contributed by atoms with Crippen molar-refractivity contribution in [1.82, 2.24) is 5.32 Å². The van der Waals surface area contributed by atoms with Crippen LogP contribution in [0.1, 0.15) is 58.3 Å². The fraction of sp³-hybridized carbons (Fsp3) is 1.00. The third-order valence-corrected chi connectivity index (χ3v) is 4.20. The first-order chi connectivity index (χ1) is 7.18. The zero-order chi connectivity index (χ0) is 10.7. The zero-order valence-electron chi connectivity index (χ0n) is 9.97. The normalized spacial score (nSPS) is 35.6. The maximum Gasteiger partial charge on any atom is 0.0771 e. The molecule has 88 valence electrons. The van der Waals surface area contributed by atoms with Crippen molar-refractivity contribution >= 4 is 0 Å². The lowest BCUT2D eigenvalue weighted by Gasteiger charge is -2.33. The van der Waals surface area contributed by atoms with E-state index in [1.165, 1.54) is 38.5 Å². The topological polar surface area (TPSA) is 32.3 Å². The van der Waals surface area contributed by atoms with Gasteiger partial charge in [0.15, 0.2) is 0 Å². The van der Waals surface area contributed by atoms with E-state index in [1.807, 2.05) is 0 Å². The highest BCUT2D eigenvalue weighted by molar-refractivity contribution is 4.87. The largest absolute Gasteiger partial charge is 0.389 e. The Bertz CT molecular complexity index is 199. The Morgan fingerprint density at radius 3 is 2.53 bits per heavy atom. The Morgan fingerprint density at radius 1 is 1.20 bits per heavy atom. The summed E-state index contributed by atoms with van der Waals surface area (Å²) in [5, 5.41) is 13.9. The number of hydrogen-bond acceptors (Lipinski definition) is 2. The number of nitrogens with one attached hydrogen (secondary N) is 1. The van der Waals surface area contributed by atoms with E-state index >= 15 is 0 Å². The van der Waals surface area contributed by atoms with Crippen LogP contribution < -0.4 is 5.32 Å². The minimum absolute atomic E-state index is 0.385. The molecular formula is C13H25NO. The van der Waals surface area contributed by atoms with E-state index in [0.29, 0.717) is 6.04 Å². The van der Waals surface area contributed by atoms with Gasteiger partial charge in [0, 0.05) is 12.6 Å². The highest BCUT2D eigenvalue weighted by Gasteiger charge is 2.30. The summed E-state index contributed by atoms with van der Waals surface area (Å²) in [6, 6.07) is 0.672. The molecule has 2 heteroatoms. The van der Waals surface area contributed by atoms with Crippen molar-refractivity contribution in [2.45, 2.75) is 69.9 Å². The molecule has 0 unspecified atom stereocenters. The molecule has 2 aliphatic carbocycles. The molecule has 0 aromatic rings. The molecule has 15 heavy (non-hydrogen) atoms. The summed E-state index contributed by atoms with van der Waals surface area (Å²) in [6.07, 6.45) is 9.69. The van der Waals surface area contributed by atoms with E-state index in [9.17, 15) is 5.11 Å². The first-order valence-corrected chi connectivity index (χ1v) is 6.64. The van der Waals surface area contributed by atoms with Gasteiger partial charge in [-0.25, -0.2) is 0 Å². The molecule has 2 atom stereocenters. The molecule has 0 bridgehead atoms. The first kappa shape index (κ1) is 11.4. The maximum atomic E-state index is 10.3. The van der Waals surface area contributed by atoms with Crippen molar-refractivity contribution in [3.8, 4) is 0 Å². The van der Waals surface area contributed by atoms with E-state index in [-0.39, 0.29) is 5.60 Å². The van der Waals surface area contributed by atoms with Gasteiger partial charge in [0.1, 0.15) is 0 Å². The number of hydrogen-bond donors (Lipinski definition) is 2. The van der Waals surface area contributed by atoms with Crippen molar-refractivity contribution in [3.05, 3.63) is 0 Å². The molecule has 2 saturated carbocycles. The van der Waals surface area contributed by atoms with Gasteiger partial charge in [-0.1, -0.05) is 26.2 Å². The van der Waals surface area contributed by atoms with E-state index in [4.69, 9.17) is 0 Å². The minimum atomic E-state index is -0.385. The van der Waals surface area contributed by atoms with Gasteiger partial charge < -0.3 is 10.4 Å². The summed E-state index contributed by atoms with van der Waals surface area (Å²) in [6.45, 7) is 3.15. The Kier molecular flexibility index (Phi) is 3.68. The van der Waals surface area contributed by atoms with Gasteiger partial charge in [-0.2, -0.15) is 0 Å². The predicted molar refractivity (Wildman–Crippen MR) is 62.8 cm³/mol. The third kappa shape index (κ3) is 3.18. The molecule has 0 aliphatic heterocycles. The van der Waals surface area contributed by atoms with Crippen molar-refractivity contribution < 1.29 is 5.11 Å². The molecular weight excluding hydrogens is 186 g/mol. The lowest BCUT2D eigenvalue weighted by atomic mass is 9.84. The third-order valence-electron chi connectivity index (χ3n) is 4.20. The summed E-state index contributed by atoms with van der Waals surface area (Å²) in [5.74, 6) is 0.878. The molecule has 0 radical (unpaired) electrons. The van der Waals surface area contributed by atoms with Gasteiger partial charge in [-0.15, -0.1) is 0 Å².